The molecule has 74 valence electrons. The third-order valence-electron chi connectivity index (χ3n) is 1.82. The number of hydrogen-bond donors (Lipinski definition) is 0. The second-order valence-electron chi connectivity index (χ2n) is 2.81. The van der Waals surface area contributed by atoms with Crippen LogP contribution in [0.5, 0.6) is 0 Å². The highest BCUT2D eigenvalue weighted by atomic mass is 35.5. The minimum Gasteiger partial charge on any atom is -0.233 e. The zero-order valence-electron chi connectivity index (χ0n) is 7.77. The van der Waals surface area contributed by atoms with Crippen molar-refractivity contribution in [3.05, 3.63) is 29.2 Å². The number of hydrogen-bond acceptors (Lipinski definition) is 3. The molecule has 0 bridgehead atoms. The molecule has 14 heavy (non-hydrogen) atoms. The SMILES string of the molecule is CCSCc1cc(Cl)n2nccc2n1. The Kier molecular flexibility index (Phi) is 2.93. The fourth-order valence-corrected chi connectivity index (χ4v) is 2.02. The van der Waals surface area contributed by atoms with Crippen LogP contribution in [0.25, 0.3) is 5.65 Å². The van der Waals surface area contributed by atoms with Crippen LogP contribution in [0, 0.1) is 0 Å². The van der Waals surface area contributed by atoms with E-state index in [2.05, 4.69) is 17.0 Å². The Balaban J connectivity index is 2.38. The molecule has 2 rings (SSSR count). The van der Waals surface area contributed by atoms with E-state index in [1.807, 2.05) is 23.9 Å². The van der Waals surface area contributed by atoms with Crippen LogP contribution in [0.15, 0.2) is 18.3 Å². The molecule has 0 fully saturated rings. The van der Waals surface area contributed by atoms with Crippen molar-refractivity contribution in [2.24, 2.45) is 0 Å². The Bertz CT molecular complexity index is 441. The van der Waals surface area contributed by atoms with Crippen molar-refractivity contribution in [3.8, 4) is 0 Å². The number of halogens is 1. The molecular formula is C9H10ClN3S. The summed E-state index contributed by atoms with van der Waals surface area (Å²) in [6.45, 7) is 2.13. The van der Waals surface area contributed by atoms with E-state index in [-0.39, 0.29) is 0 Å². The van der Waals surface area contributed by atoms with Crippen LogP contribution < -0.4 is 0 Å². The van der Waals surface area contributed by atoms with Crippen LogP contribution in [0.3, 0.4) is 0 Å². The van der Waals surface area contributed by atoms with Crippen molar-refractivity contribution in [3.63, 3.8) is 0 Å². The van der Waals surface area contributed by atoms with E-state index in [4.69, 9.17) is 11.6 Å². The van der Waals surface area contributed by atoms with Crippen molar-refractivity contribution < 1.29 is 0 Å². The standard InChI is InChI=1S/C9H10ClN3S/c1-2-14-6-7-5-8(10)13-9(12-7)3-4-11-13/h3-5H,2,6H2,1H3. The van der Waals surface area contributed by atoms with Gasteiger partial charge in [-0.05, 0) is 11.8 Å². The first-order chi connectivity index (χ1) is 6.81. The largest absolute Gasteiger partial charge is 0.233 e. The van der Waals surface area contributed by atoms with Gasteiger partial charge in [-0.15, -0.1) is 0 Å². The van der Waals surface area contributed by atoms with E-state index in [0.29, 0.717) is 5.15 Å². The van der Waals surface area contributed by atoms with E-state index in [1.165, 1.54) is 0 Å². The van der Waals surface area contributed by atoms with Crippen LogP contribution >= 0.6 is 23.4 Å². The molecule has 2 aromatic heterocycles. The maximum atomic E-state index is 6.03. The Hall–Kier alpha value is -0.740. The smallest absolute Gasteiger partial charge is 0.156 e. The van der Waals surface area contributed by atoms with Gasteiger partial charge < -0.3 is 0 Å². The fourth-order valence-electron chi connectivity index (χ4n) is 1.20. The predicted molar refractivity (Wildman–Crippen MR) is 59.8 cm³/mol. The summed E-state index contributed by atoms with van der Waals surface area (Å²) in [6, 6.07) is 3.72. The van der Waals surface area contributed by atoms with Gasteiger partial charge in [0.05, 0.1) is 11.9 Å². The summed E-state index contributed by atoms with van der Waals surface area (Å²) < 4.78 is 1.63. The van der Waals surface area contributed by atoms with Gasteiger partial charge >= 0.3 is 0 Å². The van der Waals surface area contributed by atoms with Gasteiger partial charge in [0.25, 0.3) is 0 Å². The maximum absolute atomic E-state index is 6.03. The van der Waals surface area contributed by atoms with Crippen molar-refractivity contribution >= 4 is 29.0 Å². The maximum Gasteiger partial charge on any atom is 0.156 e. The highest BCUT2D eigenvalue weighted by Crippen LogP contribution is 2.16. The predicted octanol–water partition coefficient (Wildman–Crippen LogP) is 2.64. The molecule has 0 aliphatic heterocycles. The minimum absolute atomic E-state index is 0.617. The van der Waals surface area contributed by atoms with Gasteiger partial charge in [-0.3, -0.25) is 0 Å². The molecule has 0 aliphatic rings. The van der Waals surface area contributed by atoms with E-state index in [9.17, 15) is 0 Å². The minimum atomic E-state index is 0.617. The Morgan fingerprint density at radius 3 is 3.21 bits per heavy atom. The van der Waals surface area contributed by atoms with Gasteiger partial charge in [0.1, 0.15) is 5.15 Å². The lowest BCUT2D eigenvalue weighted by Crippen LogP contribution is -1.96. The molecule has 2 aromatic rings. The summed E-state index contributed by atoms with van der Waals surface area (Å²) in [5.41, 5.74) is 1.82. The molecule has 0 aromatic carbocycles. The van der Waals surface area contributed by atoms with Crippen molar-refractivity contribution in [2.75, 3.05) is 5.75 Å². The average molecular weight is 228 g/mol. The second-order valence-corrected chi connectivity index (χ2v) is 4.47. The lowest BCUT2D eigenvalue weighted by molar-refractivity contribution is 0.928. The molecule has 0 saturated carbocycles. The summed E-state index contributed by atoms with van der Waals surface area (Å²) in [7, 11) is 0. The highest BCUT2D eigenvalue weighted by Gasteiger charge is 2.03. The molecule has 0 aliphatic carbocycles. The third kappa shape index (κ3) is 1.86. The number of nitrogens with zero attached hydrogens (tertiary/aromatic N) is 3. The van der Waals surface area contributed by atoms with Gasteiger partial charge in [-0.25, -0.2) is 9.50 Å². The fraction of sp³-hybridized carbons (Fsp3) is 0.333. The summed E-state index contributed by atoms with van der Waals surface area (Å²) in [6.07, 6.45) is 1.70. The normalized spacial score (nSPS) is 11.0. The molecule has 5 heteroatoms. The van der Waals surface area contributed by atoms with Crippen LogP contribution in [0.2, 0.25) is 5.15 Å². The van der Waals surface area contributed by atoms with Gasteiger partial charge in [0, 0.05) is 11.8 Å². The summed E-state index contributed by atoms with van der Waals surface area (Å²) in [5.74, 6) is 1.99. The van der Waals surface area contributed by atoms with Crippen LogP contribution in [-0.2, 0) is 5.75 Å². The zero-order chi connectivity index (χ0) is 9.97. The van der Waals surface area contributed by atoms with E-state index >= 15 is 0 Å². The molecule has 0 atom stereocenters. The molecule has 3 nitrogen and oxygen atoms in total. The Labute approximate surface area is 91.5 Å². The Morgan fingerprint density at radius 1 is 1.57 bits per heavy atom. The van der Waals surface area contributed by atoms with E-state index < -0.39 is 0 Å². The van der Waals surface area contributed by atoms with Crippen molar-refractivity contribution in [1.29, 1.82) is 0 Å². The monoisotopic (exact) mass is 227 g/mol. The Morgan fingerprint density at radius 2 is 2.43 bits per heavy atom. The molecular weight excluding hydrogens is 218 g/mol. The first kappa shape index (κ1) is 9.80. The van der Waals surface area contributed by atoms with Crippen molar-refractivity contribution in [1.82, 2.24) is 14.6 Å². The average Bonchev–Trinajstić information content (AvgIpc) is 2.63. The van der Waals surface area contributed by atoms with Crippen molar-refractivity contribution in [2.45, 2.75) is 12.7 Å². The molecule has 0 spiro atoms. The first-order valence-electron chi connectivity index (χ1n) is 4.38. The van der Waals surface area contributed by atoms with Gasteiger partial charge in [0.15, 0.2) is 5.65 Å². The van der Waals surface area contributed by atoms with Gasteiger partial charge in [0.2, 0.25) is 0 Å². The summed E-state index contributed by atoms with van der Waals surface area (Å²) in [4.78, 5) is 4.43. The highest BCUT2D eigenvalue weighted by molar-refractivity contribution is 7.98. The van der Waals surface area contributed by atoms with E-state index in [0.717, 1.165) is 22.8 Å². The van der Waals surface area contributed by atoms with Crippen LogP contribution in [0.4, 0.5) is 0 Å². The molecule has 0 radical (unpaired) electrons. The van der Waals surface area contributed by atoms with Crippen LogP contribution in [0.1, 0.15) is 12.6 Å². The number of aromatic nitrogens is 3. The summed E-state index contributed by atoms with van der Waals surface area (Å²) >= 11 is 7.86. The van der Waals surface area contributed by atoms with Gasteiger partial charge in [-0.2, -0.15) is 16.9 Å². The second kappa shape index (κ2) is 4.19. The first-order valence-corrected chi connectivity index (χ1v) is 5.91. The molecule has 2 heterocycles. The van der Waals surface area contributed by atoms with E-state index in [1.54, 1.807) is 10.7 Å². The lowest BCUT2D eigenvalue weighted by Gasteiger charge is -2.01. The molecule has 0 amide bonds. The zero-order valence-corrected chi connectivity index (χ0v) is 9.35. The lowest BCUT2D eigenvalue weighted by atomic mass is 10.4. The van der Waals surface area contributed by atoms with Crippen LogP contribution in [-0.4, -0.2) is 20.4 Å². The van der Waals surface area contributed by atoms with Gasteiger partial charge in [-0.1, -0.05) is 18.5 Å². The number of rotatable bonds is 3. The number of thioether (sulfide) groups is 1. The topological polar surface area (TPSA) is 30.2 Å². The molecule has 0 saturated heterocycles. The third-order valence-corrected chi connectivity index (χ3v) is 3.00. The molecule has 0 N–H and O–H groups in total. The summed E-state index contributed by atoms with van der Waals surface area (Å²) in [5, 5.41) is 4.67. The number of fused-ring (bicyclic) bond motifs is 1. The quantitative estimate of drug-likeness (QED) is 0.756. The molecule has 0 unspecified atom stereocenters.